The third-order valence-corrected chi connectivity index (χ3v) is 3.45. The molecule has 10 heteroatoms. The molecule has 1 aromatic carbocycles. The van der Waals surface area contributed by atoms with Crippen LogP contribution in [0.5, 0.6) is 0 Å². The molecule has 23 heavy (non-hydrogen) atoms. The van der Waals surface area contributed by atoms with Crippen LogP contribution in [0.25, 0.3) is 11.4 Å². The van der Waals surface area contributed by atoms with Gasteiger partial charge >= 0.3 is 12.5 Å². The van der Waals surface area contributed by atoms with Crippen molar-refractivity contribution in [3.8, 4) is 11.4 Å². The van der Waals surface area contributed by atoms with Crippen molar-refractivity contribution in [2.45, 2.75) is 25.5 Å². The SMILES string of the molecule is CC(COC(F)(F)C(F)F)n1cnc(-c2ccc(Cl)cc2Cl)n1. The van der Waals surface area contributed by atoms with Gasteiger partial charge in [-0.1, -0.05) is 23.2 Å². The highest BCUT2D eigenvalue weighted by molar-refractivity contribution is 6.36. The minimum Gasteiger partial charge on any atom is -0.314 e. The molecule has 0 radical (unpaired) electrons. The number of rotatable bonds is 6. The van der Waals surface area contributed by atoms with Gasteiger partial charge in [-0.05, 0) is 25.1 Å². The lowest BCUT2D eigenvalue weighted by atomic mass is 10.2. The van der Waals surface area contributed by atoms with E-state index in [1.54, 1.807) is 12.1 Å². The molecule has 0 aliphatic carbocycles. The lowest BCUT2D eigenvalue weighted by Gasteiger charge is -2.18. The Morgan fingerprint density at radius 1 is 1.30 bits per heavy atom. The van der Waals surface area contributed by atoms with Crippen LogP contribution >= 0.6 is 23.2 Å². The summed E-state index contributed by atoms with van der Waals surface area (Å²) in [7, 11) is 0. The summed E-state index contributed by atoms with van der Waals surface area (Å²) in [6.45, 7) is 0.817. The topological polar surface area (TPSA) is 39.9 Å². The number of nitrogens with zero attached hydrogens (tertiary/aromatic N) is 3. The summed E-state index contributed by atoms with van der Waals surface area (Å²) in [6.07, 6.45) is -7.12. The number of hydrogen-bond donors (Lipinski definition) is 0. The molecule has 126 valence electrons. The highest BCUT2D eigenvalue weighted by atomic mass is 35.5. The Balaban J connectivity index is 2.09. The third-order valence-electron chi connectivity index (χ3n) is 2.90. The average Bonchev–Trinajstić information content (AvgIpc) is 2.94. The van der Waals surface area contributed by atoms with Crippen molar-refractivity contribution in [2.24, 2.45) is 0 Å². The summed E-state index contributed by atoms with van der Waals surface area (Å²) in [5.74, 6) is 0.249. The molecule has 1 atom stereocenters. The van der Waals surface area contributed by atoms with E-state index < -0.39 is 25.2 Å². The van der Waals surface area contributed by atoms with Crippen molar-refractivity contribution in [2.75, 3.05) is 6.61 Å². The van der Waals surface area contributed by atoms with E-state index in [4.69, 9.17) is 23.2 Å². The first-order valence-electron chi connectivity index (χ1n) is 6.37. The summed E-state index contributed by atoms with van der Waals surface area (Å²) in [4.78, 5) is 4.01. The number of ether oxygens (including phenoxy) is 1. The lowest BCUT2D eigenvalue weighted by molar-refractivity contribution is -0.303. The van der Waals surface area contributed by atoms with Crippen molar-refractivity contribution >= 4 is 23.2 Å². The van der Waals surface area contributed by atoms with Crippen LogP contribution in [0.2, 0.25) is 10.0 Å². The average molecular weight is 372 g/mol. The number of aromatic nitrogens is 3. The Hall–Kier alpha value is -1.38. The van der Waals surface area contributed by atoms with Crippen LogP contribution in [0.1, 0.15) is 13.0 Å². The molecule has 1 aromatic heterocycles. The second-order valence-electron chi connectivity index (χ2n) is 4.69. The highest BCUT2D eigenvalue weighted by Crippen LogP contribution is 2.29. The first-order chi connectivity index (χ1) is 10.7. The Morgan fingerprint density at radius 3 is 2.61 bits per heavy atom. The second kappa shape index (κ2) is 7.02. The van der Waals surface area contributed by atoms with Crippen molar-refractivity contribution in [3.63, 3.8) is 0 Å². The molecule has 0 saturated heterocycles. The van der Waals surface area contributed by atoms with Crippen LogP contribution in [0.3, 0.4) is 0 Å². The fourth-order valence-electron chi connectivity index (χ4n) is 1.65. The molecule has 0 amide bonds. The molecule has 4 nitrogen and oxygen atoms in total. The maximum atomic E-state index is 12.7. The zero-order valence-electron chi connectivity index (χ0n) is 11.7. The van der Waals surface area contributed by atoms with Gasteiger partial charge in [-0.25, -0.2) is 18.4 Å². The van der Waals surface area contributed by atoms with Gasteiger partial charge in [-0.2, -0.15) is 13.9 Å². The summed E-state index contributed by atoms with van der Waals surface area (Å²) >= 11 is 11.8. The highest BCUT2D eigenvalue weighted by Gasteiger charge is 2.42. The fraction of sp³-hybridized carbons (Fsp3) is 0.385. The van der Waals surface area contributed by atoms with Gasteiger partial charge in [0, 0.05) is 10.6 Å². The number of halogens is 6. The van der Waals surface area contributed by atoms with E-state index in [2.05, 4.69) is 14.8 Å². The monoisotopic (exact) mass is 371 g/mol. The van der Waals surface area contributed by atoms with E-state index in [1.807, 2.05) is 0 Å². The Morgan fingerprint density at radius 2 is 2.00 bits per heavy atom. The summed E-state index contributed by atoms with van der Waals surface area (Å²) in [5.41, 5.74) is 0.501. The Labute approximate surface area is 139 Å². The molecule has 1 unspecified atom stereocenters. The zero-order valence-corrected chi connectivity index (χ0v) is 13.2. The molecule has 0 spiro atoms. The zero-order chi connectivity index (χ0) is 17.2. The molecular weight excluding hydrogens is 361 g/mol. The van der Waals surface area contributed by atoms with Crippen molar-refractivity contribution in [1.29, 1.82) is 0 Å². The fourth-order valence-corrected chi connectivity index (χ4v) is 2.15. The largest absolute Gasteiger partial charge is 0.416 e. The first-order valence-corrected chi connectivity index (χ1v) is 7.13. The van der Waals surface area contributed by atoms with Crippen LogP contribution in [0.15, 0.2) is 24.5 Å². The van der Waals surface area contributed by atoms with Crippen molar-refractivity contribution in [1.82, 2.24) is 14.8 Å². The Kier molecular flexibility index (Phi) is 5.49. The van der Waals surface area contributed by atoms with Crippen LogP contribution in [0, 0.1) is 0 Å². The predicted molar refractivity (Wildman–Crippen MR) is 77.1 cm³/mol. The lowest BCUT2D eigenvalue weighted by Crippen LogP contribution is -2.32. The maximum Gasteiger partial charge on any atom is 0.416 e. The molecule has 2 rings (SSSR count). The quantitative estimate of drug-likeness (QED) is 0.691. The molecule has 2 aromatic rings. The van der Waals surface area contributed by atoms with Gasteiger partial charge in [0.15, 0.2) is 5.82 Å². The third kappa shape index (κ3) is 4.33. The van der Waals surface area contributed by atoms with Crippen LogP contribution in [0.4, 0.5) is 17.6 Å². The number of alkyl halides is 4. The van der Waals surface area contributed by atoms with Gasteiger partial charge in [0.05, 0.1) is 17.7 Å². The van der Waals surface area contributed by atoms with Crippen LogP contribution < -0.4 is 0 Å². The van der Waals surface area contributed by atoms with E-state index in [-0.39, 0.29) is 5.82 Å². The summed E-state index contributed by atoms with van der Waals surface area (Å²) in [5, 5.41) is 4.84. The van der Waals surface area contributed by atoms with Gasteiger partial charge in [0.25, 0.3) is 0 Å². The van der Waals surface area contributed by atoms with Gasteiger partial charge < -0.3 is 4.74 Å². The minimum atomic E-state index is -4.50. The van der Waals surface area contributed by atoms with Gasteiger partial charge in [-0.15, -0.1) is 0 Å². The van der Waals surface area contributed by atoms with E-state index in [9.17, 15) is 17.6 Å². The van der Waals surface area contributed by atoms with E-state index in [0.717, 1.165) is 0 Å². The molecule has 0 bridgehead atoms. The van der Waals surface area contributed by atoms with E-state index in [0.29, 0.717) is 15.6 Å². The molecule has 0 aliphatic heterocycles. The predicted octanol–water partition coefficient (Wildman–Crippen LogP) is 4.69. The number of hydrogen-bond acceptors (Lipinski definition) is 3. The normalized spacial score (nSPS) is 13.6. The smallest absolute Gasteiger partial charge is 0.314 e. The van der Waals surface area contributed by atoms with Crippen LogP contribution in [-0.4, -0.2) is 33.9 Å². The van der Waals surface area contributed by atoms with Gasteiger partial charge in [-0.3, -0.25) is 0 Å². The van der Waals surface area contributed by atoms with Crippen molar-refractivity contribution in [3.05, 3.63) is 34.6 Å². The second-order valence-corrected chi connectivity index (χ2v) is 5.54. The maximum absolute atomic E-state index is 12.7. The van der Waals surface area contributed by atoms with E-state index >= 15 is 0 Å². The van der Waals surface area contributed by atoms with Gasteiger partial charge in [0.1, 0.15) is 6.33 Å². The molecule has 0 saturated carbocycles. The molecule has 0 N–H and O–H groups in total. The van der Waals surface area contributed by atoms with Crippen LogP contribution in [-0.2, 0) is 4.74 Å². The molecular formula is C13H11Cl2F4N3O. The summed E-state index contributed by atoms with van der Waals surface area (Å²) < 4.78 is 54.7. The van der Waals surface area contributed by atoms with E-state index in [1.165, 1.54) is 24.0 Å². The molecule has 1 heterocycles. The number of benzene rings is 1. The van der Waals surface area contributed by atoms with Crippen molar-refractivity contribution < 1.29 is 22.3 Å². The standard InChI is InChI=1S/C13H11Cl2F4N3O/c1-7(5-23-13(18,19)12(16)17)22-6-20-11(21-22)9-3-2-8(14)4-10(9)15/h2-4,6-7,12H,5H2,1H3. The Bertz CT molecular complexity index is 681. The van der Waals surface area contributed by atoms with Gasteiger partial charge in [0.2, 0.25) is 0 Å². The molecule has 0 aliphatic rings. The molecule has 0 fully saturated rings. The first kappa shape index (κ1) is 18.0. The summed E-state index contributed by atoms with van der Waals surface area (Å²) in [6, 6.07) is 3.98. The minimum absolute atomic E-state index is 0.249.